The molecular weight excluding hydrogens is 1210 g/mol. The van der Waals surface area contributed by atoms with Gasteiger partial charge in [0.15, 0.2) is 23.3 Å². The van der Waals surface area contributed by atoms with Crippen LogP contribution in [-0.2, 0) is 0 Å². The highest BCUT2D eigenvalue weighted by atomic mass is 19.2. The predicted octanol–water partition coefficient (Wildman–Crippen LogP) is 22.5. The fourth-order valence-electron chi connectivity index (χ4n) is 16.0. The smallest absolute Gasteiger partial charge is 0.200 e. The quantitative estimate of drug-likeness (QED) is 0.0891. The topological polar surface area (TPSA) is 53.4 Å². The van der Waals surface area contributed by atoms with Crippen molar-refractivity contribution in [2.75, 3.05) is 0 Å². The number of aromatic nitrogens is 6. The molecule has 20 aromatic rings. The summed E-state index contributed by atoms with van der Waals surface area (Å²) in [6.45, 7) is 0. The SMILES string of the molecule is N#Cc1c(-n2c3ccc(-n4c5ccccc5c5ccccc54)cc3c3cc(-n4c5ccccc5c5ccccc54)ccc32)cc(-c2c(F)c(F)c(F)c(F)c2F)cc1-n1c2ccc(-n3c4ccccc4c4ccccc43)cc2c2cc(-n3c4ccccc4c4ccccc43)ccc21. The lowest BCUT2D eigenvalue weighted by Gasteiger charge is -2.19. The Kier molecular flexibility index (Phi) is 11.4. The second-order valence-electron chi connectivity index (χ2n) is 24.9. The Morgan fingerprint density at radius 2 is 0.423 bits per heavy atom. The normalized spacial score (nSPS) is 12.2. The van der Waals surface area contributed by atoms with Crippen LogP contribution in [0, 0.1) is 40.4 Å². The molecule has 0 aliphatic carbocycles. The first-order chi connectivity index (χ1) is 47.7. The highest BCUT2D eigenvalue weighted by Crippen LogP contribution is 2.46. The molecule has 0 bridgehead atoms. The molecule has 0 aliphatic rings. The molecule has 0 radical (unpaired) electrons. The monoisotopic (exact) mass is 1260 g/mol. The van der Waals surface area contributed by atoms with Gasteiger partial charge in [0.2, 0.25) is 5.82 Å². The average Bonchev–Trinajstić information content (AvgIpc) is 1.58. The molecule has 0 aliphatic heterocycles. The van der Waals surface area contributed by atoms with Crippen LogP contribution < -0.4 is 0 Å². The largest absolute Gasteiger partial charge is 0.309 e. The standard InChI is InChI=1S/C85H46F5N7/c86-81-80(82(87)84(89)85(90)83(81)88)48-41-78(96-74-37-33-49(92-66-25-9-1-17-53(66)54-18-2-10-26-67(54)92)43-61(74)62-44-50(34-38-75(62)96)93-68-27-11-3-19-55(68)56-20-4-12-28-69(56)93)65(47-91)79(42-48)97-76-39-35-51(94-70-29-13-5-21-57(70)58-22-6-14-30-71(58)94)45-63(76)64-46-52(36-40-77(64)97)95-72-31-15-7-23-59(72)60-24-8-16-32-73(60)95/h1-46H. The number of hydrogen-bond donors (Lipinski definition) is 0. The van der Waals surface area contributed by atoms with Crippen molar-refractivity contribution in [2.45, 2.75) is 0 Å². The summed E-state index contributed by atoms with van der Waals surface area (Å²) < 4.78 is 94.1. The van der Waals surface area contributed by atoms with Gasteiger partial charge in [-0.2, -0.15) is 5.26 Å². The third-order valence-electron chi connectivity index (χ3n) is 20.0. The molecular formula is C85H46F5N7. The van der Waals surface area contributed by atoms with Crippen LogP contribution in [-0.4, -0.2) is 27.4 Å². The van der Waals surface area contributed by atoms with E-state index in [0.29, 0.717) is 22.1 Å². The maximum atomic E-state index is 17.0. The van der Waals surface area contributed by atoms with Crippen LogP contribution in [0.25, 0.3) is 176 Å². The van der Waals surface area contributed by atoms with E-state index in [2.05, 4.69) is 146 Å². The van der Waals surface area contributed by atoms with Crippen LogP contribution in [0.1, 0.15) is 5.56 Å². The van der Waals surface area contributed by atoms with Crippen molar-refractivity contribution in [3.05, 3.63) is 314 Å². The Labute approximate surface area is 547 Å². The summed E-state index contributed by atoms with van der Waals surface area (Å²) in [5.74, 6) is -10.5. The van der Waals surface area contributed by atoms with Crippen LogP contribution in [0.2, 0.25) is 0 Å². The van der Waals surface area contributed by atoms with Crippen LogP contribution in [0.3, 0.4) is 0 Å². The number of para-hydroxylation sites is 8. The summed E-state index contributed by atoms with van der Waals surface area (Å²) in [5, 5.41) is 23.9. The second-order valence-corrected chi connectivity index (χ2v) is 24.9. The molecule has 7 nitrogen and oxygen atoms in total. The van der Waals surface area contributed by atoms with E-state index >= 15 is 22.0 Å². The predicted molar refractivity (Wildman–Crippen MR) is 382 cm³/mol. The summed E-state index contributed by atoms with van der Waals surface area (Å²) in [5.41, 5.74) is 12.5. The lowest BCUT2D eigenvalue weighted by atomic mass is 9.98. The lowest BCUT2D eigenvalue weighted by molar-refractivity contribution is 0.381. The zero-order chi connectivity index (χ0) is 64.6. The van der Waals surface area contributed by atoms with Gasteiger partial charge in [0.1, 0.15) is 11.6 Å². The van der Waals surface area contributed by atoms with Crippen molar-refractivity contribution in [2.24, 2.45) is 0 Å². The molecule has 456 valence electrons. The summed E-state index contributed by atoms with van der Waals surface area (Å²) in [4.78, 5) is 0. The first-order valence-corrected chi connectivity index (χ1v) is 31.9. The van der Waals surface area contributed by atoms with Gasteiger partial charge in [-0.05, 0) is 139 Å². The van der Waals surface area contributed by atoms with Crippen molar-refractivity contribution in [3.63, 3.8) is 0 Å². The summed E-state index contributed by atoms with van der Waals surface area (Å²) in [6, 6.07) is 95.9. The second kappa shape index (κ2) is 20.3. The molecule has 0 N–H and O–H groups in total. The minimum Gasteiger partial charge on any atom is -0.309 e. The molecule has 14 aromatic carbocycles. The number of nitriles is 1. The van der Waals surface area contributed by atoms with Gasteiger partial charge in [0, 0.05) is 87.4 Å². The van der Waals surface area contributed by atoms with Gasteiger partial charge < -0.3 is 27.4 Å². The molecule has 0 atom stereocenters. The minimum atomic E-state index is -2.28. The van der Waals surface area contributed by atoms with E-state index in [1.807, 2.05) is 155 Å². The lowest BCUT2D eigenvalue weighted by Crippen LogP contribution is -2.08. The highest BCUT2D eigenvalue weighted by Gasteiger charge is 2.31. The third-order valence-corrected chi connectivity index (χ3v) is 20.0. The average molecular weight is 1260 g/mol. The Hall–Kier alpha value is -13.0. The zero-order valence-corrected chi connectivity index (χ0v) is 51.1. The van der Waals surface area contributed by atoms with Crippen LogP contribution in [0.4, 0.5) is 22.0 Å². The van der Waals surface area contributed by atoms with E-state index in [0.717, 1.165) is 132 Å². The van der Waals surface area contributed by atoms with E-state index in [1.165, 1.54) is 12.1 Å². The third kappa shape index (κ3) is 7.53. The number of rotatable bonds is 7. The fourth-order valence-corrected chi connectivity index (χ4v) is 16.0. The van der Waals surface area contributed by atoms with Gasteiger partial charge in [-0.15, -0.1) is 0 Å². The molecule has 0 saturated heterocycles. The number of nitrogens with zero attached hydrogens (tertiary/aromatic N) is 7. The minimum absolute atomic E-state index is 0.0566. The molecule has 20 rings (SSSR count). The maximum Gasteiger partial charge on any atom is 0.200 e. The van der Waals surface area contributed by atoms with Gasteiger partial charge in [0.05, 0.1) is 83.1 Å². The van der Waals surface area contributed by atoms with E-state index in [1.54, 1.807) is 0 Å². The van der Waals surface area contributed by atoms with Gasteiger partial charge in [-0.25, -0.2) is 22.0 Å². The van der Waals surface area contributed by atoms with Crippen molar-refractivity contribution in [1.82, 2.24) is 27.4 Å². The zero-order valence-electron chi connectivity index (χ0n) is 51.1. The van der Waals surface area contributed by atoms with Crippen molar-refractivity contribution >= 4 is 131 Å². The van der Waals surface area contributed by atoms with Crippen molar-refractivity contribution < 1.29 is 22.0 Å². The van der Waals surface area contributed by atoms with E-state index < -0.39 is 34.6 Å². The highest BCUT2D eigenvalue weighted by molar-refractivity contribution is 6.17. The van der Waals surface area contributed by atoms with Crippen LogP contribution in [0.15, 0.2) is 279 Å². The first-order valence-electron chi connectivity index (χ1n) is 31.9. The summed E-state index contributed by atoms with van der Waals surface area (Å²) in [6.07, 6.45) is 0. The van der Waals surface area contributed by atoms with Gasteiger partial charge >= 0.3 is 0 Å². The molecule has 6 aromatic heterocycles. The number of hydrogen-bond acceptors (Lipinski definition) is 1. The Morgan fingerprint density at radius 1 is 0.216 bits per heavy atom. The molecule has 6 heterocycles. The van der Waals surface area contributed by atoms with E-state index in [9.17, 15) is 5.26 Å². The number of halogens is 5. The van der Waals surface area contributed by atoms with Gasteiger partial charge in [-0.3, -0.25) is 0 Å². The van der Waals surface area contributed by atoms with E-state index in [-0.39, 0.29) is 22.5 Å². The van der Waals surface area contributed by atoms with Crippen molar-refractivity contribution in [1.29, 1.82) is 5.26 Å². The molecule has 0 amide bonds. The summed E-state index contributed by atoms with van der Waals surface area (Å²) in [7, 11) is 0. The molecule has 0 saturated carbocycles. The van der Waals surface area contributed by atoms with Gasteiger partial charge in [0.25, 0.3) is 0 Å². The van der Waals surface area contributed by atoms with E-state index in [4.69, 9.17) is 0 Å². The van der Waals surface area contributed by atoms with Crippen molar-refractivity contribution in [3.8, 4) is 51.3 Å². The molecule has 12 heteroatoms. The number of benzene rings is 14. The Morgan fingerprint density at radius 3 is 0.649 bits per heavy atom. The molecule has 97 heavy (non-hydrogen) atoms. The van der Waals surface area contributed by atoms with Gasteiger partial charge in [-0.1, -0.05) is 146 Å². The fraction of sp³-hybridized carbons (Fsp3) is 0. The molecule has 0 unspecified atom stereocenters. The molecule has 0 spiro atoms. The van der Waals surface area contributed by atoms with Crippen LogP contribution >= 0.6 is 0 Å². The number of fused-ring (bicyclic) bond motifs is 18. The van der Waals surface area contributed by atoms with Crippen LogP contribution in [0.5, 0.6) is 0 Å². The Bertz CT molecular complexity index is 5970. The Balaban J connectivity index is 0.913. The molecule has 0 fully saturated rings. The first kappa shape index (κ1) is 54.6. The maximum absolute atomic E-state index is 17.0. The summed E-state index contributed by atoms with van der Waals surface area (Å²) >= 11 is 0.